The lowest BCUT2D eigenvalue weighted by molar-refractivity contribution is -0.161. The number of aliphatic hydroxyl groups is 1. The van der Waals surface area contributed by atoms with Crippen molar-refractivity contribution in [2.45, 2.75) is 315 Å². The summed E-state index contributed by atoms with van der Waals surface area (Å²) in [4.78, 5) is 48.8. The zero-order chi connectivity index (χ0) is 58.3. The number of unbranched alkanes of at least 4 members (excludes halogenated alkanes) is 32. The average Bonchev–Trinajstić information content (AvgIpc) is 3.45. The van der Waals surface area contributed by atoms with Gasteiger partial charge in [0, 0.05) is 19.3 Å². The van der Waals surface area contributed by atoms with Crippen LogP contribution in [-0.4, -0.2) is 66.5 Å². The molecule has 0 aliphatic rings. The summed E-state index contributed by atoms with van der Waals surface area (Å²) in [6, 6.07) is 0. The molecule has 0 aromatic carbocycles. The molecule has 0 saturated carbocycles. The maximum Gasteiger partial charge on any atom is 0.472 e. The van der Waals surface area contributed by atoms with Gasteiger partial charge < -0.3 is 24.2 Å². The highest BCUT2D eigenvalue weighted by molar-refractivity contribution is 7.47. The van der Waals surface area contributed by atoms with Crippen molar-refractivity contribution in [2.24, 2.45) is 0 Å². The summed E-state index contributed by atoms with van der Waals surface area (Å²) in [6.45, 7) is 4.59. The lowest BCUT2D eigenvalue weighted by Gasteiger charge is -2.21. The second kappa shape index (κ2) is 62.0. The molecule has 0 amide bonds. The Labute approximate surface area is 490 Å². The molecule has 3 atom stereocenters. The Morgan fingerprint density at radius 3 is 0.925 bits per heavy atom. The second-order valence-corrected chi connectivity index (χ2v) is 23.4. The molecule has 12 heteroatoms. The Balaban J connectivity index is 4.70. The third kappa shape index (κ3) is 59.5. The molecule has 464 valence electrons. The molecular formula is C68H121O11P. The Hall–Kier alpha value is -3.08. The van der Waals surface area contributed by atoms with Crippen LogP contribution in [0.5, 0.6) is 0 Å². The standard InChI is InChI=1S/C68H121O11P/c1-4-7-10-13-16-19-22-25-28-31-32-35-36-39-42-45-48-51-54-57-66(70)75-61-65(79-68(72)59-56-53-50-47-44-41-38-34-30-27-24-21-18-15-12-9-6-3)63-77-80(73,74)76-62-64(60-69)78-67(71)58-55-52-49-46-43-40-37-33-29-26-23-20-17-14-11-8-5-2/h16-21,25-30,64-65,69H,4-15,22-24,31-63H2,1-3H3,(H,73,74)/b19-16-,20-17-,21-18-,28-25-,29-26-,30-27-. The van der Waals surface area contributed by atoms with Gasteiger partial charge in [-0.15, -0.1) is 0 Å². The molecule has 0 aromatic rings. The number of hydrogen-bond donors (Lipinski definition) is 2. The van der Waals surface area contributed by atoms with Crippen molar-refractivity contribution in [1.82, 2.24) is 0 Å². The minimum atomic E-state index is -4.76. The van der Waals surface area contributed by atoms with Crippen LogP contribution < -0.4 is 0 Å². The van der Waals surface area contributed by atoms with E-state index in [-0.39, 0.29) is 25.9 Å². The van der Waals surface area contributed by atoms with Gasteiger partial charge in [0.1, 0.15) is 12.7 Å². The van der Waals surface area contributed by atoms with Gasteiger partial charge in [0.05, 0.1) is 19.8 Å². The molecule has 0 aliphatic heterocycles. The lowest BCUT2D eigenvalue weighted by Crippen LogP contribution is -2.30. The molecule has 0 bridgehead atoms. The van der Waals surface area contributed by atoms with Gasteiger partial charge >= 0.3 is 25.7 Å². The molecule has 2 N–H and O–H groups in total. The predicted molar refractivity (Wildman–Crippen MR) is 335 cm³/mol. The summed E-state index contributed by atoms with van der Waals surface area (Å²) in [6.07, 6.45) is 71.2. The van der Waals surface area contributed by atoms with E-state index in [4.69, 9.17) is 23.3 Å². The number of allylic oxidation sites excluding steroid dienone is 12. The Morgan fingerprint density at radius 1 is 0.350 bits per heavy atom. The van der Waals surface area contributed by atoms with E-state index >= 15 is 0 Å². The first kappa shape index (κ1) is 76.9. The van der Waals surface area contributed by atoms with E-state index in [0.717, 1.165) is 109 Å². The zero-order valence-corrected chi connectivity index (χ0v) is 52.4. The SMILES string of the molecule is CCCCC/C=C\C/C=C\CCCCCCCCCCCC(=O)OCC(COP(=O)(O)OCC(CO)OC(=O)CCCCCCCCC/C=C\C/C=C\CCCCC)OC(=O)CCCCCCCCC/C=C\C/C=C\CCCCC. The smallest absolute Gasteiger partial charge is 0.462 e. The van der Waals surface area contributed by atoms with Crippen molar-refractivity contribution in [3.63, 3.8) is 0 Å². The summed E-state index contributed by atoms with van der Waals surface area (Å²) in [5, 5.41) is 9.86. The van der Waals surface area contributed by atoms with E-state index in [9.17, 15) is 28.9 Å². The number of aliphatic hydroxyl groups excluding tert-OH is 1. The van der Waals surface area contributed by atoms with Crippen LogP contribution >= 0.6 is 7.82 Å². The zero-order valence-electron chi connectivity index (χ0n) is 51.5. The molecule has 0 spiro atoms. The van der Waals surface area contributed by atoms with E-state index < -0.39 is 57.8 Å². The van der Waals surface area contributed by atoms with Crippen molar-refractivity contribution in [1.29, 1.82) is 0 Å². The van der Waals surface area contributed by atoms with Crippen molar-refractivity contribution in [2.75, 3.05) is 26.4 Å². The van der Waals surface area contributed by atoms with Crippen molar-refractivity contribution in [3.05, 3.63) is 72.9 Å². The molecule has 0 rings (SSSR count). The van der Waals surface area contributed by atoms with E-state index in [1.807, 2.05) is 0 Å². The first-order chi connectivity index (χ1) is 39.2. The first-order valence-corrected chi connectivity index (χ1v) is 34.3. The molecule has 0 saturated heterocycles. The van der Waals surface area contributed by atoms with Crippen LogP contribution in [0.2, 0.25) is 0 Å². The Bertz CT molecular complexity index is 1620. The van der Waals surface area contributed by atoms with Crippen molar-refractivity contribution < 1.29 is 52.2 Å². The van der Waals surface area contributed by atoms with E-state index in [0.29, 0.717) is 19.3 Å². The minimum Gasteiger partial charge on any atom is -0.462 e. The van der Waals surface area contributed by atoms with Gasteiger partial charge in [-0.25, -0.2) is 4.57 Å². The highest BCUT2D eigenvalue weighted by Crippen LogP contribution is 2.43. The van der Waals surface area contributed by atoms with Gasteiger partial charge in [-0.05, 0) is 116 Å². The summed E-state index contributed by atoms with van der Waals surface area (Å²) in [5.41, 5.74) is 0. The molecule has 0 aliphatic carbocycles. The van der Waals surface area contributed by atoms with Crippen LogP contribution in [0.25, 0.3) is 0 Å². The van der Waals surface area contributed by atoms with Crippen LogP contribution in [0.4, 0.5) is 0 Å². The Morgan fingerprint density at radius 2 is 0.613 bits per heavy atom. The van der Waals surface area contributed by atoms with Crippen LogP contribution in [0.1, 0.15) is 303 Å². The van der Waals surface area contributed by atoms with Crippen LogP contribution in [0.3, 0.4) is 0 Å². The molecule has 0 fully saturated rings. The van der Waals surface area contributed by atoms with Gasteiger partial charge in [-0.3, -0.25) is 23.4 Å². The topological polar surface area (TPSA) is 155 Å². The van der Waals surface area contributed by atoms with E-state index in [2.05, 4.69) is 93.7 Å². The number of ether oxygens (including phenoxy) is 3. The molecule has 11 nitrogen and oxygen atoms in total. The van der Waals surface area contributed by atoms with Gasteiger partial charge in [0.2, 0.25) is 0 Å². The average molecular weight is 1150 g/mol. The third-order valence-electron chi connectivity index (χ3n) is 14.1. The molecular weight excluding hydrogens is 1020 g/mol. The number of rotatable bonds is 61. The maximum atomic E-state index is 13.0. The lowest BCUT2D eigenvalue weighted by atomic mass is 10.1. The monoisotopic (exact) mass is 1140 g/mol. The van der Waals surface area contributed by atoms with Gasteiger partial charge in [0.15, 0.2) is 6.10 Å². The van der Waals surface area contributed by atoms with E-state index in [1.54, 1.807) is 0 Å². The highest BCUT2D eigenvalue weighted by Gasteiger charge is 2.28. The molecule has 0 aromatic heterocycles. The highest BCUT2D eigenvalue weighted by atomic mass is 31.2. The summed E-state index contributed by atoms with van der Waals surface area (Å²) in [5.74, 6) is -1.47. The van der Waals surface area contributed by atoms with Crippen LogP contribution in [0.15, 0.2) is 72.9 Å². The van der Waals surface area contributed by atoms with Crippen molar-refractivity contribution >= 4 is 25.7 Å². The van der Waals surface area contributed by atoms with E-state index in [1.165, 1.54) is 135 Å². The van der Waals surface area contributed by atoms with Gasteiger partial charge in [0.25, 0.3) is 0 Å². The normalized spacial score (nSPS) is 13.7. The fraction of sp³-hybridized carbons (Fsp3) is 0.779. The largest absolute Gasteiger partial charge is 0.472 e. The molecule has 3 unspecified atom stereocenters. The summed E-state index contributed by atoms with van der Waals surface area (Å²) >= 11 is 0. The van der Waals surface area contributed by atoms with Gasteiger partial charge in [-0.1, -0.05) is 241 Å². The number of hydrogen-bond acceptors (Lipinski definition) is 10. The summed E-state index contributed by atoms with van der Waals surface area (Å²) < 4.78 is 39.7. The summed E-state index contributed by atoms with van der Waals surface area (Å²) in [7, 11) is -4.76. The third-order valence-corrected chi connectivity index (χ3v) is 15.0. The van der Waals surface area contributed by atoms with Crippen LogP contribution in [-0.2, 0) is 42.2 Å². The number of phosphoric acid groups is 1. The molecule has 80 heavy (non-hydrogen) atoms. The van der Waals surface area contributed by atoms with Gasteiger partial charge in [-0.2, -0.15) is 0 Å². The fourth-order valence-electron chi connectivity index (χ4n) is 9.04. The fourth-order valence-corrected chi connectivity index (χ4v) is 9.82. The number of phosphoric ester groups is 1. The molecule has 0 radical (unpaired) electrons. The van der Waals surface area contributed by atoms with Crippen molar-refractivity contribution in [3.8, 4) is 0 Å². The number of carbonyl (C=O) groups excluding carboxylic acids is 3. The molecule has 0 heterocycles. The quantitative estimate of drug-likeness (QED) is 0.0197. The van der Waals surface area contributed by atoms with Crippen LogP contribution in [0, 0.1) is 0 Å². The second-order valence-electron chi connectivity index (χ2n) is 21.9. The number of esters is 3. The predicted octanol–water partition coefficient (Wildman–Crippen LogP) is 20.0. The number of carbonyl (C=O) groups is 3. The Kier molecular flexibility index (Phi) is 59.6. The maximum absolute atomic E-state index is 13.0. The first-order valence-electron chi connectivity index (χ1n) is 32.8. The minimum absolute atomic E-state index is 0.157.